The minimum Gasteiger partial charge on any atom is -0.378 e. The summed E-state index contributed by atoms with van der Waals surface area (Å²) in [4.78, 5) is 37.1. The van der Waals surface area contributed by atoms with Gasteiger partial charge in [0.25, 0.3) is 5.91 Å². The molecule has 124 valence electrons. The molecule has 1 aliphatic rings. The van der Waals surface area contributed by atoms with Crippen molar-refractivity contribution in [2.75, 3.05) is 26.3 Å². The summed E-state index contributed by atoms with van der Waals surface area (Å²) in [5, 5.41) is 2.80. The van der Waals surface area contributed by atoms with Gasteiger partial charge in [0.15, 0.2) is 0 Å². The fourth-order valence-corrected chi connectivity index (χ4v) is 2.50. The zero-order chi connectivity index (χ0) is 16.5. The predicted octanol–water partition coefficient (Wildman–Crippen LogP) is 1.01. The van der Waals surface area contributed by atoms with Crippen LogP contribution in [0.1, 0.15) is 29.6 Å². The minimum absolute atomic E-state index is 0.108. The zero-order valence-electron chi connectivity index (χ0n) is 13.1. The van der Waals surface area contributed by atoms with E-state index >= 15 is 0 Å². The van der Waals surface area contributed by atoms with Gasteiger partial charge in [0, 0.05) is 25.1 Å². The molecule has 0 radical (unpaired) electrons. The average molecular weight is 318 g/mol. The maximum absolute atomic E-state index is 12.6. The van der Waals surface area contributed by atoms with Crippen molar-refractivity contribution in [3.8, 4) is 0 Å². The molecule has 1 aromatic carbocycles. The second kappa shape index (κ2) is 9.05. The third-order valence-electron chi connectivity index (χ3n) is 3.78. The Morgan fingerprint density at radius 2 is 1.91 bits per heavy atom. The molecule has 1 N–H and O–H groups in total. The highest BCUT2D eigenvalue weighted by molar-refractivity contribution is 5.97. The van der Waals surface area contributed by atoms with Crippen LogP contribution in [0.4, 0.5) is 0 Å². The SMILES string of the molecule is O=CCCC[C@H](NC(=O)c1ccccc1)C(=O)N1CCOCC1. The Balaban J connectivity index is 2.01. The molecule has 1 aliphatic heterocycles. The van der Waals surface area contributed by atoms with E-state index in [0.29, 0.717) is 51.1 Å². The van der Waals surface area contributed by atoms with Gasteiger partial charge in [-0.3, -0.25) is 9.59 Å². The van der Waals surface area contributed by atoms with Crippen LogP contribution < -0.4 is 5.32 Å². The van der Waals surface area contributed by atoms with Gasteiger partial charge in [0.2, 0.25) is 5.91 Å². The van der Waals surface area contributed by atoms with E-state index in [-0.39, 0.29) is 11.8 Å². The standard InChI is InChI=1S/C17H22N2O4/c20-11-5-4-8-15(17(22)19-9-12-23-13-10-19)18-16(21)14-6-2-1-3-7-14/h1-3,6-7,11,15H,4-5,8-10,12-13H2,(H,18,21)/t15-/m0/s1. The summed E-state index contributed by atoms with van der Waals surface area (Å²) in [7, 11) is 0. The first-order valence-corrected chi connectivity index (χ1v) is 7.88. The van der Waals surface area contributed by atoms with Gasteiger partial charge < -0.3 is 19.7 Å². The fraction of sp³-hybridized carbons (Fsp3) is 0.471. The zero-order valence-corrected chi connectivity index (χ0v) is 13.1. The van der Waals surface area contributed by atoms with Crippen LogP contribution in [0.25, 0.3) is 0 Å². The maximum Gasteiger partial charge on any atom is 0.251 e. The van der Waals surface area contributed by atoms with E-state index < -0.39 is 6.04 Å². The lowest BCUT2D eigenvalue weighted by Crippen LogP contribution is -2.51. The smallest absolute Gasteiger partial charge is 0.251 e. The largest absolute Gasteiger partial charge is 0.378 e. The summed E-state index contributed by atoms with van der Waals surface area (Å²) in [5.41, 5.74) is 0.516. The van der Waals surface area contributed by atoms with Crippen molar-refractivity contribution in [2.24, 2.45) is 0 Å². The molecular formula is C17H22N2O4. The van der Waals surface area contributed by atoms with Gasteiger partial charge in [-0.25, -0.2) is 0 Å². The van der Waals surface area contributed by atoms with Crippen molar-refractivity contribution in [3.63, 3.8) is 0 Å². The number of rotatable bonds is 7. The van der Waals surface area contributed by atoms with E-state index in [1.807, 2.05) is 6.07 Å². The van der Waals surface area contributed by atoms with Gasteiger partial charge in [-0.2, -0.15) is 0 Å². The molecule has 23 heavy (non-hydrogen) atoms. The third kappa shape index (κ3) is 5.17. The molecule has 2 amide bonds. The molecule has 1 heterocycles. The van der Waals surface area contributed by atoms with Gasteiger partial charge >= 0.3 is 0 Å². The Hall–Kier alpha value is -2.21. The summed E-state index contributed by atoms with van der Waals surface area (Å²) >= 11 is 0. The van der Waals surface area contributed by atoms with Crippen LogP contribution in [0.5, 0.6) is 0 Å². The third-order valence-corrected chi connectivity index (χ3v) is 3.78. The van der Waals surface area contributed by atoms with Crippen LogP contribution in [0.2, 0.25) is 0 Å². The van der Waals surface area contributed by atoms with E-state index in [1.165, 1.54) is 0 Å². The van der Waals surface area contributed by atoms with Crippen molar-refractivity contribution in [2.45, 2.75) is 25.3 Å². The first kappa shape index (κ1) is 17.1. The Bertz CT molecular complexity index is 527. The number of hydrogen-bond acceptors (Lipinski definition) is 4. The average Bonchev–Trinajstić information content (AvgIpc) is 2.62. The highest BCUT2D eigenvalue weighted by atomic mass is 16.5. The van der Waals surface area contributed by atoms with Gasteiger partial charge in [-0.05, 0) is 25.0 Å². The summed E-state index contributed by atoms with van der Waals surface area (Å²) in [5.74, 6) is -0.383. The first-order valence-electron chi connectivity index (χ1n) is 7.88. The molecule has 0 spiro atoms. The number of morpholine rings is 1. The van der Waals surface area contributed by atoms with E-state index in [9.17, 15) is 14.4 Å². The lowest BCUT2D eigenvalue weighted by Gasteiger charge is -2.30. The first-order chi connectivity index (χ1) is 11.2. The van der Waals surface area contributed by atoms with Crippen molar-refractivity contribution < 1.29 is 19.1 Å². The van der Waals surface area contributed by atoms with Crippen LogP contribution >= 0.6 is 0 Å². The number of unbranched alkanes of at least 4 members (excludes halogenated alkanes) is 1. The summed E-state index contributed by atoms with van der Waals surface area (Å²) in [6.45, 7) is 2.09. The second-order valence-electron chi connectivity index (χ2n) is 5.43. The molecule has 0 unspecified atom stereocenters. The highest BCUT2D eigenvalue weighted by Gasteiger charge is 2.27. The van der Waals surface area contributed by atoms with Gasteiger partial charge in [0.05, 0.1) is 13.2 Å². The van der Waals surface area contributed by atoms with E-state index in [0.717, 1.165) is 6.29 Å². The molecule has 0 aromatic heterocycles. The fourth-order valence-electron chi connectivity index (χ4n) is 2.50. The van der Waals surface area contributed by atoms with Gasteiger partial charge in [-0.15, -0.1) is 0 Å². The maximum atomic E-state index is 12.6. The van der Waals surface area contributed by atoms with Crippen LogP contribution in [-0.4, -0.2) is 55.3 Å². The van der Waals surface area contributed by atoms with E-state index in [1.54, 1.807) is 29.2 Å². The monoisotopic (exact) mass is 318 g/mol. The number of amides is 2. The highest BCUT2D eigenvalue weighted by Crippen LogP contribution is 2.09. The number of hydrogen-bond donors (Lipinski definition) is 1. The molecule has 6 nitrogen and oxygen atoms in total. The van der Waals surface area contributed by atoms with Crippen LogP contribution in [0.3, 0.4) is 0 Å². The summed E-state index contributed by atoms with van der Waals surface area (Å²) < 4.78 is 5.25. The second-order valence-corrected chi connectivity index (χ2v) is 5.43. The molecule has 6 heteroatoms. The number of carbonyl (C=O) groups excluding carboxylic acids is 3. The van der Waals surface area contributed by atoms with E-state index in [4.69, 9.17) is 4.74 Å². The van der Waals surface area contributed by atoms with Crippen molar-refractivity contribution >= 4 is 18.1 Å². The lowest BCUT2D eigenvalue weighted by molar-refractivity contribution is -0.137. The molecule has 1 atom stereocenters. The van der Waals surface area contributed by atoms with Crippen molar-refractivity contribution in [1.82, 2.24) is 10.2 Å². The topological polar surface area (TPSA) is 75.7 Å². The van der Waals surface area contributed by atoms with Crippen molar-refractivity contribution in [1.29, 1.82) is 0 Å². The Kier molecular flexibility index (Phi) is 6.75. The Morgan fingerprint density at radius 1 is 1.22 bits per heavy atom. The van der Waals surface area contributed by atoms with Crippen LogP contribution in [0, 0.1) is 0 Å². The van der Waals surface area contributed by atoms with Crippen LogP contribution in [-0.2, 0) is 14.3 Å². The number of nitrogens with zero attached hydrogens (tertiary/aromatic N) is 1. The number of benzene rings is 1. The normalized spacial score (nSPS) is 15.7. The number of ether oxygens (including phenoxy) is 1. The lowest BCUT2D eigenvalue weighted by atomic mass is 10.1. The summed E-state index contributed by atoms with van der Waals surface area (Å²) in [6, 6.07) is 8.19. The minimum atomic E-state index is -0.610. The number of nitrogens with one attached hydrogen (secondary N) is 1. The molecule has 1 fully saturated rings. The Morgan fingerprint density at radius 3 is 2.57 bits per heavy atom. The van der Waals surface area contributed by atoms with Crippen molar-refractivity contribution in [3.05, 3.63) is 35.9 Å². The predicted molar refractivity (Wildman–Crippen MR) is 85.0 cm³/mol. The molecule has 1 aromatic rings. The number of aldehydes is 1. The molecule has 1 saturated heterocycles. The molecule has 0 aliphatic carbocycles. The molecule has 0 saturated carbocycles. The Labute approximate surface area is 135 Å². The molecule has 0 bridgehead atoms. The van der Waals surface area contributed by atoms with Gasteiger partial charge in [-0.1, -0.05) is 18.2 Å². The molecule has 2 rings (SSSR count). The molecular weight excluding hydrogens is 296 g/mol. The quantitative estimate of drug-likeness (QED) is 0.601. The summed E-state index contributed by atoms with van der Waals surface area (Å²) in [6.07, 6.45) is 2.23. The number of carbonyl (C=O) groups is 3. The van der Waals surface area contributed by atoms with Crippen LogP contribution in [0.15, 0.2) is 30.3 Å². The van der Waals surface area contributed by atoms with Gasteiger partial charge in [0.1, 0.15) is 12.3 Å². The van der Waals surface area contributed by atoms with E-state index in [2.05, 4.69) is 5.32 Å².